The van der Waals surface area contributed by atoms with Gasteiger partial charge in [0.25, 0.3) is 0 Å². The van der Waals surface area contributed by atoms with Crippen LogP contribution in [0.2, 0.25) is 0 Å². The van der Waals surface area contributed by atoms with Crippen molar-refractivity contribution in [2.75, 3.05) is 43.5 Å². The van der Waals surface area contributed by atoms with Crippen LogP contribution in [0.1, 0.15) is 49.4 Å². The van der Waals surface area contributed by atoms with Gasteiger partial charge in [0.05, 0.1) is 52.9 Å². The molecule has 4 N–H and O–H groups in total. The Labute approximate surface area is 248 Å². The molecule has 0 unspecified atom stereocenters. The Morgan fingerprint density at radius 2 is 1.90 bits per heavy atom. The summed E-state index contributed by atoms with van der Waals surface area (Å²) in [5, 5.41) is 29.5. The molecular weight excluding hydrogens is 566 g/mol. The van der Waals surface area contributed by atoms with E-state index in [0.717, 1.165) is 51.6 Å². The summed E-state index contributed by atoms with van der Waals surface area (Å²) in [4.78, 5) is 34.2. The highest BCUT2D eigenvalue weighted by Gasteiger charge is 2.47. The third-order valence-electron chi connectivity index (χ3n) is 8.49. The molecule has 13 heteroatoms. The average molecular weight is 602 g/mol. The number of nitrogens with one attached hydrogen (secondary N) is 2. The first kappa shape index (κ1) is 28.5. The fourth-order valence-corrected chi connectivity index (χ4v) is 6.89. The molecule has 41 heavy (non-hydrogen) atoms. The first-order chi connectivity index (χ1) is 19.5. The van der Waals surface area contributed by atoms with Crippen molar-refractivity contribution in [1.29, 1.82) is 0 Å². The normalized spacial score (nSPS) is 26.2. The molecule has 0 bridgehead atoms. The number of carbonyl (C=O) groups is 1. The molecule has 0 aromatic carbocycles. The van der Waals surface area contributed by atoms with Crippen LogP contribution in [0.15, 0.2) is 12.3 Å². The third kappa shape index (κ3) is 5.72. The third-order valence-corrected chi connectivity index (χ3v) is 9.53. The van der Waals surface area contributed by atoms with Gasteiger partial charge in [-0.05, 0) is 51.0 Å². The Kier molecular flexibility index (Phi) is 8.03. The Morgan fingerprint density at radius 3 is 2.63 bits per heavy atom. The van der Waals surface area contributed by atoms with Crippen LogP contribution < -0.4 is 10.6 Å². The molecule has 0 spiro atoms. The number of hydrogen-bond donors (Lipinski definition) is 4. The van der Waals surface area contributed by atoms with Gasteiger partial charge in [-0.15, -0.1) is 23.7 Å². The number of carbonyl (C=O) groups excluding carboxylic acids is 1. The van der Waals surface area contributed by atoms with Crippen molar-refractivity contribution in [2.24, 2.45) is 11.8 Å². The molecule has 4 aliphatic rings. The molecule has 4 atom stereocenters. The highest BCUT2D eigenvalue weighted by molar-refractivity contribution is 7.21. The second kappa shape index (κ2) is 11.6. The van der Waals surface area contributed by atoms with E-state index in [1.165, 1.54) is 12.8 Å². The lowest BCUT2D eigenvalue weighted by Crippen LogP contribution is -2.46. The molecule has 4 fully saturated rings. The molecule has 3 aromatic heterocycles. The van der Waals surface area contributed by atoms with E-state index in [9.17, 15) is 15.0 Å². The topological polar surface area (TPSA) is 146 Å². The second-order valence-corrected chi connectivity index (χ2v) is 12.6. The zero-order chi connectivity index (χ0) is 27.4. The summed E-state index contributed by atoms with van der Waals surface area (Å²) >= 11 is 1.58. The van der Waals surface area contributed by atoms with Gasteiger partial charge >= 0.3 is 0 Å². The van der Waals surface area contributed by atoms with E-state index in [4.69, 9.17) is 19.7 Å². The van der Waals surface area contributed by atoms with Gasteiger partial charge in [-0.1, -0.05) is 0 Å². The number of rotatable bonds is 8. The number of nitrogens with zero attached hydrogens (tertiary/aromatic N) is 5. The van der Waals surface area contributed by atoms with Crippen LogP contribution in [0.4, 0.5) is 11.8 Å². The Bertz CT molecular complexity index is 1430. The minimum atomic E-state index is -1.17. The number of pyridine rings is 1. The number of halogens is 1. The van der Waals surface area contributed by atoms with Crippen molar-refractivity contribution in [2.45, 2.75) is 63.2 Å². The number of amides is 1. The van der Waals surface area contributed by atoms with E-state index in [1.54, 1.807) is 16.2 Å². The van der Waals surface area contributed by atoms with Crippen LogP contribution in [-0.2, 0) is 9.53 Å². The molecule has 3 saturated carbocycles. The van der Waals surface area contributed by atoms with Crippen molar-refractivity contribution in [3.8, 4) is 10.6 Å². The number of aliphatic hydroxyl groups excluding tert-OH is 2. The molecule has 7 rings (SSSR count). The summed E-state index contributed by atoms with van der Waals surface area (Å²) in [5.41, 5.74) is 3.52. The quantitative estimate of drug-likeness (QED) is 0.304. The largest absolute Gasteiger partial charge is 0.390 e. The minimum Gasteiger partial charge on any atom is -0.390 e. The minimum absolute atomic E-state index is 0. The number of hydrogen-bond acceptors (Lipinski definition) is 11. The number of aliphatic hydroxyl groups is 2. The molecule has 220 valence electrons. The molecule has 11 nitrogen and oxygen atoms in total. The van der Waals surface area contributed by atoms with E-state index in [-0.39, 0.29) is 18.3 Å². The predicted octanol–water partition coefficient (Wildman–Crippen LogP) is 2.96. The number of aromatic nitrogens is 4. The molecule has 1 saturated heterocycles. The zero-order valence-corrected chi connectivity index (χ0v) is 24.6. The van der Waals surface area contributed by atoms with Crippen molar-refractivity contribution >= 4 is 51.6 Å². The lowest BCUT2D eigenvalue weighted by atomic mass is 10.0. The zero-order valence-electron chi connectivity index (χ0n) is 23.0. The summed E-state index contributed by atoms with van der Waals surface area (Å²) in [6, 6.07) is 1.43. The van der Waals surface area contributed by atoms with Gasteiger partial charge in [0, 0.05) is 31.7 Å². The number of ether oxygens (including phenoxy) is 1. The van der Waals surface area contributed by atoms with Crippen LogP contribution >= 0.6 is 23.7 Å². The van der Waals surface area contributed by atoms with Crippen molar-refractivity contribution in [3.63, 3.8) is 0 Å². The fraction of sp³-hybridized carbons (Fsp3) is 0.607. The molecular formula is C28H36ClN7O4S. The van der Waals surface area contributed by atoms with Crippen LogP contribution in [0.25, 0.3) is 20.8 Å². The molecule has 3 aromatic rings. The van der Waals surface area contributed by atoms with Crippen LogP contribution in [0, 0.1) is 18.8 Å². The Hall–Kier alpha value is -2.64. The van der Waals surface area contributed by atoms with Gasteiger partial charge in [0.1, 0.15) is 22.4 Å². The van der Waals surface area contributed by atoms with Gasteiger partial charge in [0.15, 0.2) is 0 Å². The van der Waals surface area contributed by atoms with E-state index < -0.39 is 24.2 Å². The standard InChI is InChI=1S/C28H35N7O4S.ClH/c1-14-20(26-33-22-19(40-26)6-7-29-21(22)16-4-5-16)25(34-28(31-14)30-13-15-2-3-15)32-18-12-17(23(36)24(18)37)27(38)35-8-10-39-11-9-35;/h6-7,15-18,23-24,36-37H,2-5,8-13H2,1H3,(H2,30,31,32,34);1H/t17-,18+,23+,24-;/m0./s1. The fourth-order valence-electron chi connectivity index (χ4n) is 5.82. The summed E-state index contributed by atoms with van der Waals surface area (Å²) in [5.74, 6) is 1.35. The number of morpholine rings is 1. The lowest BCUT2D eigenvalue weighted by molar-refractivity contribution is -0.143. The first-order valence-corrected chi connectivity index (χ1v) is 15.2. The van der Waals surface area contributed by atoms with E-state index in [2.05, 4.69) is 15.6 Å². The van der Waals surface area contributed by atoms with E-state index >= 15 is 0 Å². The maximum atomic E-state index is 13.2. The highest BCUT2D eigenvalue weighted by Crippen LogP contribution is 2.44. The van der Waals surface area contributed by atoms with Crippen molar-refractivity contribution in [1.82, 2.24) is 24.8 Å². The van der Waals surface area contributed by atoms with Gasteiger partial charge in [-0.25, -0.2) is 9.97 Å². The highest BCUT2D eigenvalue weighted by atomic mass is 35.5. The summed E-state index contributed by atoms with van der Waals surface area (Å²) in [6.07, 6.45) is 4.56. The monoisotopic (exact) mass is 601 g/mol. The summed E-state index contributed by atoms with van der Waals surface area (Å²) < 4.78 is 6.45. The summed E-state index contributed by atoms with van der Waals surface area (Å²) in [7, 11) is 0. The molecule has 3 aliphatic carbocycles. The maximum Gasteiger partial charge on any atom is 0.228 e. The molecule has 1 amide bonds. The van der Waals surface area contributed by atoms with Crippen LogP contribution in [0.3, 0.4) is 0 Å². The maximum absolute atomic E-state index is 13.2. The predicted molar refractivity (Wildman–Crippen MR) is 159 cm³/mol. The molecule has 0 radical (unpaired) electrons. The number of fused-ring (bicyclic) bond motifs is 1. The van der Waals surface area contributed by atoms with E-state index in [1.807, 2.05) is 19.2 Å². The van der Waals surface area contributed by atoms with Crippen LogP contribution in [-0.4, -0.2) is 92.1 Å². The Balaban J connectivity index is 0.00000302. The second-order valence-electron chi connectivity index (χ2n) is 11.5. The number of aryl methyl sites for hydroxylation is 1. The van der Waals surface area contributed by atoms with Crippen molar-refractivity contribution < 1.29 is 19.7 Å². The smallest absolute Gasteiger partial charge is 0.228 e. The van der Waals surface area contributed by atoms with Crippen molar-refractivity contribution in [3.05, 3.63) is 23.7 Å². The summed E-state index contributed by atoms with van der Waals surface area (Å²) in [6.45, 7) is 4.73. The lowest BCUT2D eigenvalue weighted by Gasteiger charge is -2.30. The average Bonchev–Trinajstić information content (AvgIpc) is 3.90. The van der Waals surface area contributed by atoms with Gasteiger partial charge < -0.3 is 30.5 Å². The van der Waals surface area contributed by atoms with Gasteiger partial charge in [-0.3, -0.25) is 9.78 Å². The number of anilines is 2. The first-order valence-electron chi connectivity index (χ1n) is 14.3. The Morgan fingerprint density at radius 1 is 1.12 bits per heavy atom. The van der Waals surface area contributed by atoms with E-state index in [0.29, 0.717) is 56.3 Å². The molecule has 1 aliphatic heterocycles. The SMILES string of the molecule is Cc1nc(NCC2CC2)nc(N[C@@H]2C[C@H](C(=O)N3CCOCC3)[C@@H](O)[C@H]2O)c1-c1nc2c(C3CC3)nccc2s1.Cl. The molecule has 4 heterocycles. The number of thiazole rings is 1. The van der Waals surface area contributed by atoms with Gasteiger partial charge in [0.2, 0.25) is 11.9 Å². The van der Waals surface area contributed by atoms with Gasteiger partial charge in [-0.2, -0.15) is 4.98 Å². The van der Waals surface area contributed by atoms with Crippen LogP contribution in [0.5, 0.6) is 0 Å².